The summed E-state index contributed by atoms with van der Waals surface area (Å²) in [5, 5.41) is 0.611. The van der Waals surface area contributed by atoms with Crippen LogP contribution in [0.5, 0.6) is 0 Å². The number of fused-ring (bicyclic) bond motifs is 3. The van der Waals surface area contributed by atoms with Crippen LogP contribution >= 0.6 is 23.6 Å². The van der Waals surface area contributed by atoms with E-state index in [-0.39, 0.29) is 11.4 Å². The lowest BCUT2D eigenvalue weighted by molar-refractivity contribution is 0.628. The first-order valence-electron chi connectivity index (χ1n) is 9.93. The van der Waals surface area contributed by atoms with Crippen LogP contribution in [0.3, 0.4) is 0 Å². The van der Waals surface area contributed by atoms with Crippen LogP contribution in [-0.2, 0) is 6.54 Å². The van der Waals surface area contributed by atoms with Gasteiger partial charge in [0.15, 0.2) is 3.95 Å². The number of hydrogen-bond donors (Lipinski definition) is 0. The van der Waals surface area contributed by atoms with Crippen molar-refractivity contribution in [3.63, 3.8) is 0 Å². The monoisotopic (exact) mass is 446 g/mol. The van der Waals surface area contributed by atoms with E-state index in [0.29, 0.717) is 27.1 Å². The molecule has 2 aromatic heterocycles. The number of rotatable bonds is 3. The van der Waals surface area contributed by atoms with Gasteiger partial charge in [0.05, 0.1) is 22.3 Å². The van der Waals surface area contributed by atoms with Crippen LogP contribution in [0.1, 0.15) is 16.7 Å². The van der Waals surface area contributed by atoms with Gasteiger partial charge in [0.25, 0.3) is 5.56 Å². The summed E-state index contributed by atoms with van der Waals surface area (Å²) in [7, 11) is 0. The number of nitrogens with zero attached hydrogens (tertiary/aromatic N) is 2. The fourth-order valence-electron chi connectivity index (χ4n) is 4.02. The first-order chi connectivity index (χ1) is 14.9. The Bertz CT molecular complexity index is 1590. The van der Waals surface area contributed by atoms with Crippen molar-refractivity contribution in [1.82, 2.24) is 8.97 Å². The molecule has 2 heterocycles. The lowest BCUT2D eigenvalue weighted by atomic mass is 10.1. The molecule has 0 fully saturated rings. The molecule has 0 saturated carbocycles. The fraction of sp³-hybridized carbons (Fsp3) is 0.120. The van der Waals surface area contributed by atoms with Gasteiger partial charge in [-0.25, -0.2) is 4.39 Å². The van der Waals surface area contributed by atoms with Gasteiger partial charge in [-0.3, -0.25) is 13.8 Å². The lowest BCUT2D eigenvalue weighted by Crippen LogP contribution is -2.24. The molecule has 3 aromatic carbocycles. The molecule has 5 rings (SSSR count). The van der Waals surface area contributed by atoms with Crippen molar-refractivity contribution in [3.8, 4) is 10.4 Å². The van der Waals surface area contributed by atoms with Crippen LogP contribution in [0.4, 0.5) is 4.39 Å². The van der Waals surface area contributed by atoms with Gasteiger partial charge < -0.3 is 0 Å². The summed E-state index contributed by atoms with van der Waals surface area (Å²) in [6.45, 7) is 4.50. The summed E-state index contributed by atoms with van der Waals surface area (Å²) in [5.74, 6) is -0.320. The van der Waals surface area contributed by atoms with Crippen molar-refractivity contribution in [3.05, 3.63) is 104 Å². The van der Waals surface area contributed by atoms with E-state index in [1.165, 1.54) is 23.5 Å². The molecule has 31 heavy (non-hydrogen) atoms. The molecule has 5 aromatic rings. The van der Waals surface area contributed by atoms with Crippen molar-refractivity contribution < 1.29 is 4.39 Å². The highest BCUT2D eigenvalue weighted by atomic mass is 32.1. The van der Waals surface area contributed by atoms with Crippen molar-refractivity contribution in [2.45, 2.75) is 20.4 Å². The third-order valence-electron chi connectivity index (χ3n) is 5.58. The highest BCUT2D eigenvalue weighted by Gasteiger charge is 2.19. The molecule has 0 unspecified atom stereocenters. The summed E-state index contributed by atoms with van der Waals surface area (Å²) in [6, 6.07) is 20.2. The Morgan fingerprint density at radius 2 is 1.81 bits per heavy atom. The van der Waals surface area contributed by atoms with E-state index in [2.05, 4.69) is 18.2 Å². The Labute approximate surface area is 187 Å². The summed E-state index contributed by atoms with van der Waals surface area (Å²) in [4.78, 5) is 14.4. The van der Waals surface area contributed by atoms with E-state index in [1.54, 1.807) is 10.6 Å². The van der Waals surface area contributed by atoms with Crippen molar-refractivity contribution in [2.75, 3.05) is 0 Å². The first-order valence-corrected chi connectivity index (χ1v) is 11.2. The topological polar surface area (TPSA) is 26.4 Å². The van der Waals surface area contributed by atoms with Gasteiger partial charge in [0.1, 0.15) is 11.5 Å². The Morgan fingerprint density at radius 3 is 2.61 bits per heavy atom. The molecule has 0 aliphatic carbocycles. The molecule has 0 amide bonds. The Balaban J connectivity index is 1.92. The van der Waals surface area contributed by atoms with E-state index < -0.39 is 0 Å². The number of thiazole rings is 1. The second-order valence-corrected chi connectivity index (χ2v) is 9.35. The van der Waals surface area contributed by atoms with Gasteiger partial charge in [0, 0.05) is 0 Å². The largest absolute Gasteiger partial charge is 0.288 e. The number of halogens is 1. The molecule has 3 nitrogen and oxygen atoms in total. The maximum Gasteiger partial charge on any atom is 0.261 e. The predicted molar refractivity (Wildman–Crippen MR) is 128 cm³/mol. The summed E-state index contributed by atoms with van der Waals surface area (Å²) in [5.41, 5.74) is 5.42. The number of benzene rings is 3. The second-order valence-electron chi connectivity index (χ2n) is 7.70. The van der Waals surface area contributed by atoms with Crippen LogP contribution in [0.2, 0.25) is 0 Å². The molecule has 0 N–H and O–H groups in total. The average molecular weight is 447 g/mol. The normalized spacial score (nSPS) is 11.5. The van der Waals surface area contributed by atoms with E-state index in [1.807, 2.05) is 48.6 Å². The van der Waals surface area contributed by atoms with Gasteiger partial charge in [-0.2, -0.15) is 0 Å². The Hall–Kier alpha value is -3.09. The SMILES string of the molecule is Cc1ccc(C)c(Cn2c(=O)c3ccccc3n3c(=S)sc(-c4cccc(F)c4)c23)c1. The predicted octanol–water partition coefficient (Wildman–Crippen LogP) is 6.52. The molecule has 0 spiro atoms. The van der Waals surface area contributed by atoms with Gasteiger partial charge in [-0.1, -0.05) is 48.0 Å². The van der Waals surface area contributed by atoms with Crippen molar-refractivity contribution in [2.24, 2.45) is 0 Å². The molecule has 0 aliphatic heterocycles. The third-order valence-corrected chi connectivity index (χ3v) is 7.00. The standard InChI is InChI=1S/C25H19FN2OS2/c1-15-10-11-16(2)18(12-15)14-27-23-22(17-6-5-7-19(26)13-17)31-25(30)28(23)21-9-4-3-8-20(21)24(27)29/h3-13H,14H2,1-2H3. The molecule has 154 valence electrons. The van der Waals surface area contributed by atoms with E-state index in [9.17, 15) is 9.18 Å². The van der Waals surface area contributed by atoms with Crippen LogP contribution in [0.25, 0.3) is 27.0 Å². The van der Waals surface area contributed by atoms with E-state index in [0.717, 1.165) is 27.1 Å². The van der Waals surface area contributed by atoms with E-state index in [4.69, 9.17) is 12.2 Å². The van der Waals surface area contributed by atoms with Gasteiger partial charge in [-0.05, 0) is 67.0 Å². The quantitative estimate of drug-likeness (QED) is 0.295. The van der Waals surface area contributed by atoms with Crippen molar-refractivity contribution in [1.29, 1.82) is 0 Å². The zero-order valence-corrected chi connectivity index (χ0v) is 18.7. The first kappa shape index (κ1) is 19.8. The number of para-hydroxylation sites is 1. The average Bonchev–Trinajstić information content (AvgIpc) is 3.11. The minimum Gasteiger partial charge on any atom is -0.288 e. The number of aromatic nitrogens is 2. The molecule has 6 heteroatoms. The highest BCUT2D eigenvalue weighted by Crippen LogP contribution is 2.34. The summed E-state index contributed by atoms with van der Waals surface area (Å²) < 4.78 is 18.4. The van der Waals surface area contributed by atoms with Gasteiger partial charge in [-0.15, -0.1) is 11.3 Å². The maximum atomic E-state index is 14.0. The minimum atomic E-state index is -0.320. The van der Waals surface area contributed by atoms with Crippen LogP contribution in [0, 0.1) is 23.6 Å². The smallest absolute Gasteiger partial charge is 0.261 e. The summed E-state index contributed by atoms with van der Waals surface area (Å²) in [6.07, 6.45) is 0. The van der Waals surface area contributed by atoms with Crippen molar-refractivity contribution >= 4 is 40.1 Å². The lowest BCUT2D eigenvalue weighted by Gasteiger charge is -2.15. The Kier molecular flexibility index (Phi) is 4.84. The van der Waals surface area contributed by atoms with Gasteiger partial charge >= 0.3 is 0 Å². The molecule has 0 saturated heterocycles. The zero-order chi connectivity index (χ0) is 21.7. The van der Waals surface area contributed by atoms with Crippen LogP contribution in [0.15, 0.2) is 71.5 Å². The molecule has 0 bridgehead atoms. The molecule has 0 radical (unpaired) electrons. The maximum absolute atomic E-state index is 14.0. The number of aryl methyl sites for hydroxylation is 2. The van der Waals surface area contributed by atoms with Gasteiger partial charge in [0.2, 0.25) is 0 Å². The molecular weight excluding hydrogens is 427 g/mol. The zero-order valence-electron chi connectivity index (χ0n) is 17.1. The minimum absolute atomic E-state index is 0.0815. The Morgan fingerprint density at radius 1 is 1.00 bits per heavy atom. The highest BCUT2D eigenvalue weighted by molar-refractivity contribution is 7.73. The third kappa shape index (κ3) is 3.32. The number of hydrogen-bond acceptors (Lipinski definition) is 3. The molecule has 0 aliphatic rings. The summed E-state index contributed by atoms with van der Waals surface area (Å²) >= 11 is 7.12. The molecule has 0 atom stereocenters. The second kappa shape index (κ2) is 7.55. The van der Waals surface area contributed by atoms with Crippen LogP contribution in [-0.4, -0.2) is 8.97 Å². The fourth-order valence-corrected chi connectivity index (χ4v) is 5.44. The van der Waals surface area contributed by atoms with Crippen LogP contribution < -0.4 is 5.56 Å². The van der Waals surface area contributed by atoms with E-state index >= 15 is 0 Å². The molecular formula is C25H19FN2OS2.